The minimum atomic E-state index is -0.789. The topological polar surface area (TPSA) is 84.3 Å². The van der Waals surface area contributed by atoms with Crippen LogP contribution in [0.3, 0.4) is 0 Å². The number of piperidine rings is 1. The average Bonchev–Trinajstić information content (AvgIpc) is 3.01. The predicted octanol–water partition coefficient (Wildman–Crippen LogP) is 2.76. The highest BCUT2D eigenvalue weighted by molar-refractivity contribution is 6.07. The molecule has 1 aliphatic heterocycles. The Morgan fingerprint density at radius 3 is 2.37 bits per heavy atom. The van der Waals surface area contributed by atoms with Gasteiger partial charge in [-0.05, 0) is 50.5 Å². The van der Waals surface area contributed by atoms with E-state index < -0.39 is 11.5 Å². The number of fused-ring (bicyclic) bond motifs is 2. The fourth-order valence-electron chi connectivity index (χ4n) is 5.22. The Hall–Kier alpha value is -2.18. The molecule has 166 valence electrons. The van der Waals surface area contributed by atoms with Crippen LogP contribution >= 0.6 is 0 Å². The van der Waals surface area contributed by atoms with Gasteiger partial charge < -0.3 is 5.32 Å². The fourth-order valence-corrected chi connectivity index (χ4v) is 5.22. The molecule has 3 atom stereocenters. The molecule has 1 aliphatic carbocycles. The Balaban J connectivity index is 1.77. The van der Waals surface area contributed by atoms with Crippen molar-refractivity contribution < 1.29 is 14.4 Å². The molecule has 3 rings (SSSR count). The molecule has 1 saturated heterocycles. The van der Waals surface area contributed by atoms with Gasteiger partial charge in [0.1, 0.15) is 6.04 Å². The lowest BCUT2D eigenvalue weighted by Crippen LogP contribution is -2.65. The Bertz CT molecular complexity index is 885. The van der Waals surface area contributed by atoms with Crippen molar-refractivity contribution in [1.29, 1.82) is 0 Å². The zero-order valence-electron chi connectivity index (χ0n) is 19.6. The minimum absolute atomic E-state index is 0.168. The molecule has 1 aromatic rings. The molecular formula is C23H36N4O3. The summed E-state index contributed by atoms with van der Waals surface area (Å²) in [4.78, 5) is 41.2. The van der Waals surface area contributed by atoms with E-state index in [0.29, 0.717) is 25.9 Å². The van der Waals surface area contributed by atoms with E-state index in [0.717, 1.165) is 17.0 Å². The zero-order chi connectivity index (χ0) is 22.6. The molecule has 1 aromatic heterocycles. The van der Waals surface area contributed by atoms with Crippen LogP contribution in [-0.4, -0.2) is 45.0 Å². The first-order chi connectivity index (χ1) is 13.8. The highest BCUT2D eigenvalue weighted by atomic mass is 16.2. The molecule has 2 aliphatic rings. The predicted molar refractivity (Wildman–Crippen MR) is 115 cm³/mol. The van der Waals surface area contributed by atoms with Crippen molar-refractivity contribution in [1.82, 2.24) is 20.0 Å². The lowest BCUT2D eigenvalue weighted by Gasteiger charge is -2.49. The molecule has 0 unspecified atom stereocenters. The third kappa shape index (κ3) is 3.17. The van der Waals surface area contributed by atoms with Crippen molar-refractivity contribution in [2.45, 2.75) is 80.8 Å². The van der Waals surface area contributed by atoms with Crippen LogP contribution in [0, 0.1) is 43.4 Å². The van der Waals surface area contributed by atoms with Gasteiger partial charge in [0.15, 0.2) is 0 Å². The number of rotatable bonds is 6. The van der Waals surface area contributed by atoms with Crippen LogP contribution in [0.1, 0.15) is 64.4 Å². The maximum Gasteiger partial charge on any atom is 0.243 e. The summed E-state index contributed by atoms with van der Waals surface area (Å²) >= 11 is 0. The van der Waals surface area contributed by atoms with Gasteiger partial charge in [-0.15, -0.1) is 0 Å². The van der Waals surface area contributed by atoms with Crippen LogP contribution in [0.25, 0.3) is 0 Å². The Labute approximate surface area is 179 Å². The van der Waals surface area contributed by atoms with E-state index in [-0.39, 0.29) is 35.0 Å². The normalized spacial score (nSPS) is 26.4. The van der Waals surface area contributed by atoms with Gasteiger partial charge in [0.2, 0.25) is 17.7 Å². The first kappa shape index (κ1) is 22.5. The van der Waals surface area contributed by atoms with Crippen molar-refractivity contribution in [3.63, 3.8) is 0 Å². The molecule has 7 nitrogen and oxygen atoms in total. The summed E-state index contributed by atoms with van der Waals surface area (Å²) in [7, 11) is 0. The molecule has 30 heavy (non-hydrogen) atoms. The second-order valence-corrected chi connectivity index (χ2v) is 10.2. The molecule has 0 aromatic carbocycles. The third-order valence-electron chi connectivity index (χ3n) is 8.00. The summed E-state index contributed by atoms with van der Waals surface area (Å²) < 4.78 is 1.89. The number of nitrogens with one attached hydrogen (secondary N) is 1. The zero-order valence-corrected chi connectivity index (χ0v) is 19.6. The lowest BCUT2D eigenvalue weighted by molar-refractivity contribution is -0.174. The average molecular weight is 417 g/mol. The number of amides is 3. The van der Waals surface area contributed by atoms with E-state index in [4.69, 9.17) is 0 Å². The number of aryl methyl sites for hydroxylation is 1. The molecule has 1 saturated carbocycles. The third-order valence-corrected chi connectivity index (χ3v) is 8.00. The standard InChI is InChI=1S/C23H36N4O3/c1-13(2)18(19(28)24-11-12-26-16(5)14(3)15(4)25-26)27-20(29)17-9-10-23(8,21(27)30)22(17,6)7/h13,17-18H,9-12H2,1-8H3,(H,24,28)/t17-,18+,23+/m1/s1. The van der Waals surface area contributed by atoms with Gasteiger partial charge in [-0.3, -0.25) is 24.0 Å². The summed E-state index contributed by atoms with van der Waals surface area (Å²) in [5.74, 6) is -1.05. The molecule has 0 spiro atoms. The van der Waals surface area contributed by atoms with Crippen molar-refractivity contribution in [3.8, 4) is 0 Å². The summed E-state index contributed by atoms with van der Waals surface area (Å²) in [5.41, 5.74) is 2.21. The first-order valence-electron chi connectivity index (χ1n) is 11.0. The highest BCUT2D eigenvalue weighted by Crippen LogP contribution is 2.60. The largest absolute Gasteiger partial charge is 0.352 e. The van der Waals surface area contributed by atoms with Crippen molar-refractivity contribution in [2.24, 2.45) is 22.7 Å². The Kier molecular flexibility index (Phi) is 5.63. The van der Waals surface area contributed by atoms with E-state index in [1.165, 1.54) is 4.90 Å². The SMILES string of the molecule is Cc1nn(CCNC(=O)[C@H](C(C)C)N2C(=O)[C@H]3CC[C@@](C)(C2=O)C3(C)C)c(C)c1C. The van der Waals surface area contributed by atoms with E-state index in [1.807, 2.05) is 60.1 Å². The quantitative estimate of drug-likeness (QED) is 0.723. The van der Waals surface area contributed by atoms with E-state index in [9.17, 15) is 14.4 Å². The molecular weight excluding hydrogens is 380 g/mol. The van der Waals surface area contributed by atoms with Gasteiger partial charge in [0, 0.05) is 18.2 Å². The lowest BCUT2D eigenvalue weighted by atomic mass is 9.62. The maximum atomic E-state index is 13.5. The van der Waals surface area contributed by atoms with Gasteiger partial charge in [-0.25, -0.2) is 0 Å². The summed E-state index contributed by atoms with van der Waals surface area (Å²) in [6.45, 7) is 16.7. The number of imide groups is 1. The van der Waals surface area contributed by atoms with E-state index in [1.54, 1.807) is 0 Å². The molecule has 7 heteroatoms. The van der Waals surface area contributed by atoms with Crippen LogP contribution in [0.2, 0.25) is 0 Å². The molecule has 3 amide bonds. The van der Waals surface area contributed by atoms with Crippen LogP contribution in [-0.2, 0) is 20.9 Å². The monoisotopic (exact) mass is 416 g/mol. The van der Waals surface area contributed by atoms with Gasteiger partial charge in [0.05, 0.1) is 17.7 Å². The van der Waals surface area contributed by atoms with E-state index >= 15 is 0 Å². The fraction of sp³-hybridized carbons (Fsp3) is 0.739. The number of hydrogen-bond acceptors (Lipinski definition) is 4. The van der Waals surface area contributed by atoms with Crippen molar-refractivity contribution >= 4 is 17.7 Å². The summed E-state index contributed by atoms with van der Waals surface area (Å²) in [5, 5.41) is 7.44. The second kappa shape index (κ2) is 7.50. The van der Waals surface area contributed by atoms with Crippen molar-refractivity contribution in [3.05, 3.63) is 17.0 Å². The number of carbonyl (C=O) groups excluding carboxylic acids is 3. The van der Waals surface area contributed by atoms with E-state index in [2.05, 4.69) is 10.4 Å². The van der Waals surface area contributed by atoms with Crippen LogP contribution in [0.15, 0.2) is 0 Å². The molecule has 2 heterocycles. The minimum Gasteiger partial charge on any atom is -0.352 e. The van der Waals surface area contributed by atoms with Gasteiger partial charge in [-0.1, -0.05) is 34.6 Å². The van der Waals surface area contributed by atoms with Crippen molar-refractivity contribution in [2.75, 3.05) is 6.54 Å². The smallest absolute Gasteiger partial charge is 0.243 e. The Morgan fingerprint density at radius 1 is 1.20 bits per heavy atom. The van der Waals surface area contributed by atoms with Gasteiger partial charge in [0.25, 0.3) is 0 Å². The maximum absolute atomic E-state index is 13.5. The molecule has 1 N–H and O–H groups in total. The number of likely N-dealkylation sites (tertiary alicyclic amines) is 1. The number of nitrogens with zero attached hydrogens (tertiary/aromatic N) is 3. The second-order valence-electron chi connectivity index (χ2n) is 10.2. The van der Waals surface area contributed by atoms with Gasteiger partial charge >= 0.3 is 0 Å². The number of hydrogen-bond donors (Lipinski definition) is 1. The molecule has 0 radical (unpaired) electrons. The molecule has 2 fully saturated rings. The number of aromatic nitrogens is 2. The van der Waals surface area contributed by atoms with Crippen LogP contribution in [0.5, 0.6) is 0 Å². The Morgan fingerprint density at radius 2 is 1.83 bits per heavy atom. The van der Waals surface area contributed by atoms with Gasteiger partial charge in [-0.2, -0.15) is 5.10 Å². The summed E-state index contributed by atoms with van der Waals surface area (Å²) in [6.07, 6.45) is 1.39. The molecule has 2 bridgehead atoms. The first-order valence-corrected chi connectivity index (χ1v) is 11.0. The highest BCUT2D eigenvalue weighted by Gasteiger charge is 2.65. The van der Waals surface area contributed by atoms with Crippen LogP contribution in [0.4, 0.5) is 0 Å². The summed E-state index contributed by atoms with van der Waals surface area (Å²) in [6, 6.07) is -0.789. The van der Waals surface area contributed by atoms with Crippen LogP contribution < -0.4 is 5.32 Å². The number of carbonyl (C=O) groups is 3.